The van der Waals surface area contributed by atoms with Crippen LogP contribution in [-0.2, 0) is 20.3 Å². The predicted octanol–water partition coefficient (Wildman–Crippen LogP) is 9.06. The third-order valence-corrected chi connectivity index (χ3v) is 7.46. The standard InChI is InChI=1S/C28H27F11O4/c1-2-3-14-12-40-25(41-13-14)15-4-6-17(7-5-15)26(33,34)42-18-10-19(29)23(20(30)11-18)16-8-21(31)24(22(32)9-16)27(35,36)43-28(37,38)39/h8-11,14-15,17,25H,2-7,12-13H2,1H3. The van der Waals surface area contributed by atoms with Gasteiger partial charge in [0, 0.05) is 24.0 Å². The summed E-state index contributed by atoms with van der Waals surface area (Å²) in [5, 5.41) is 0. The summed E-state index contributed by atoms with van der Waals surface area (Å²) in [5.74, 6) is -10.1. The topological polar surface area (TPSA) is 36.9 Å². The minimum absolute atomic E-state index is 0.00406. The molecule has 0 radical (unpaired) electrons. The highest BCUT2D eigenvalue weighted by molar-refractivity contribution is 5.66. The summed E-state index contributed by atoms with van der Waals surface area (Å²) < 4.78 is 171. The lowest BCUT2D eigenvalue weighted by Crippen LogP contribution is -2.42. The molecule has 0 atom stereocenters. The second-order valence-corrected chi connectivity index (χ2v) is 10.6. The molecule has 2 aromatic rings. The van der Waals surface area contributed by atoms with Gasteiger partial charge in [-0.25, -0.2) is 22.3 Å². The van der Waals surface area contributed by atoms with E-state index in [1.54, 1.807) is 0 Å². The molecule has 240 valence electrons. The first kappa shape index (κ1) is 33.2. The lowest BCUT2D eigenvalue weighted by atomic mass is 9.80. The molecule has 43 heavy (non-hydrogen) atoms. The summed E-state index contributed by atoms with van der Waals surface area (Å²) in [6, 6.07) is 0.509. The number of hydrogen-bond acceptors (Lipinski definition) is 4. The number of halogens is 11. The second kappa shape index (κ2) is 12.8. The van der Waals surface area contributed by atoms with E-state index in [-0.39, 0.29) is 36.8 Å². The lowest BCUT2D eigenvalue weighted by molar-refractivity contribution is -0.432. The molecule has 4 nitrogen and oxygen atoms in total. The van der Waals surface area contributed by atoms with E-state index in [1.165, 1.54) is 0 Å². The maximum absolute atomic E-state index is 15.0. The van der Waals surface area contributed by atoms with Crippen molar-refractivity contribution in [2.45, 2.75) is 70.3 Å². The van der Waals surface area contributed by atoms with Crippen LogP contribution in [-0.4, -0.2) is 32.0 Å². The first-order chi connectivity index (χ1) is 20.0. The van der Waals surface area contributed by atoms with Gasteiger partial charge in [0.2, 0.25) is 0 Å². The first-order valence-corrected chi connectivity index (χ1v) is 13.4. The highest BCUT2D eigenvalue weighted by Gasteiger charge is 2.50. The third-order valence-electron chi connectivity index (χ3n) is 7.46. The Hall–Kier alpha value is -2.65. The van der Waals surface area contributed by atoms with Gasteiger partial charge < -0.3 is 14.2 Å². The average molecular weight is 636 g/mol. The summed E-state index contributed by atoms with van der Waals surface area (Å²) >= 11 is 0. The summed E-state index contributed by atoms with van der Waals surface area (Å²) in [5.41, 5.74) is -4.72. The van der Waals surface area contributed by atoms with Gasteiger partial charge >= 0.3 is 18.6 Å². The molecule has 0 aromatic heterocycles. The highest BCUT2D eigenvalue weighted by Crippen LogP contribution is 2.44. The molecule has 2 aromatic carbocycles. The van der Waals surface area contributed by atoms with Crippen LogP contribution in [0.25, 0.3) is 11.1 Å². The zero-order valence-corrected chi connectivity index (χ0v) is 22.6. The van der Waals surface area contributed by atoms with Crippen LogP contribution in [0.15, 0.2) is 24.3 Å². The molecule has 2 aliphatic rings. The molecule has 1 saturated carbocycles. The lowest BCUT2D eigenvalue weighted by Gasteiger charge is -2.39. The van der Waals surface area contributed by atoms with Crippen LogP contribution < -0.4 is 4.74 Å². The van der Waals surface area contributed by atoms with Gasteiger partial charge in [0.1, 0.15) is 34.6 Å². The molecule has 1 aliphatic heterocycles. The summed E-state index contributed by atoms with van der Waals surface area (Å²) in [6.07, 6.45) is -13.3. The van der Waals surface area contributed by atoms with Gasteiger partial charge in [-0.05, 0) is 49.8 Å². The third kappa shape index (κ3) is 7.90. The van der Waals surface area contributed by atoms with E-state index in [1.807, 2.05) is 6.92 Å². The van der Waals surface area contributed by atoms with Crippen molar-refractivity contribution in [1.82, 2.24) is 0 Å². The Kier molecular flexibility index (Phi) is 9.86. The van der Waals surface area contributed by atoms with Gasteiger partial charge in [-0.15, -0.1) is 13.2 Å². The molecule has 0 N–H and O–H groups in total. The SMILES string of the molecule is CCCC1COC(C2CCC(C(F)(F)Oc3cc(F)c(-c4cc(F)c(C(F)(F)OC(F)(F)F)c(F)c4)c(F)c3)CC2)OC1. The first-order valence-electron chi connectivity index (χ1n) is 13.4. The minimum atomic E-state index is -5.98. The molecule has 0 spiro atoms. The van der Waals surface area contributed by atoms with Crippen LogP contribution in [0.2, 0.25) is 0 Å². The Labute approximate surface area is 239 Å². The summed E-state index contributed by atoms with van der Waals surface area (Å²) in [4.78, 5) is 0. The quantitative estimate of drug-likeness (QED) is 0.258. The van der Waals surface area contributed by atoms with Crippen molar-refractivity contribution in [2.24, 2.45) is 17.8 Å². The van der Waals surface area contributed by atoms with E-state index < -0.39 is 76.5 Å². The molecule has 0 amide bonds. The largest absolute Gasteiger partial charge is 0.527 e. The maximum atomic E-state index is 15.0. The van der Waals surface area contributed by atoms with Crippen molar-refractivity contribution in [3.05, 3.63) is 53.1 Å². The van der Waals surface area contributed by atoms with Crippen LogP contribution in [0.5, 0.6) is 5.75 Å². The van der Waals surface area contributed by atoms with E-state index >= 15 is 0 Å². The molecule has 1 saturated heterocycles. The number of ether oxygens (including phenoxy) is 4. The Morgan fingerprint density at radius 3 is 1.79 bits per heavy atom. The Morgan fingerprint density at radius 1 is 0.767 bits per heavy atom. The molecule has 15 heteroatoms. The maximum Gasteiger partial charge on any atom is 0.527 e. The Morgan fingerprint density at radius 2 is 1.30 bits per heavy atom. The molecular formula is C28H27F11O4. The fourth-order valence-electron chi connectivity index (χ4n) is 5.45. The molecule has 4 rings (SSSR count). The van der Waals surface area contributed by atoms with Crippen molar-refractivity contribution in [1.29, 1.82) is 0 Å². The van der Waals surface area contributed by atoms with E-state index in [4.69, 9.17) is 9.47 Å². The molecule has 1 aliphatic carbocycles. The monoisotopic (exact) mass is 636 g/mol. The minimum Gasteiger partial charge on any atom is -0.432 e. The Bertz CT molecular complexity index is 1220. The molecule has 2 fully saturated rings. The van der Waals surface area contributed by atoms with E-state index in [0.29, 0.717) is 38.2 Å². The second-order valence-electron chi connectivity index (χ2n) is 10.6. The zero-order chi connectivity index (χ0) is 31.7. The van der Waals surface area contributed by atoms with Crippen molar-refractivity contribution in [3.63, 3.8) is 0 Å². The molecule has 0 bridgehead atoms. The van der Waals surface area contributed by atoms with E-state index in [2.05, 4.69) is 9.47 Å². The van der Waals surface area contributed by atoms with Crippen LogP contribution in [0, 0.1) is 41.0 Å². The van der Waals surface area contributed by atoms with Crippen molar-refractivity contribution >= 4 is 0 Å². The summed E-state index contributed by atoms with van der Waals surface area (Å²) in [7, 11) is 0. The van der Waals surface area contributed by atoms with Crippen molar-refractivity contribution in [3.8, 4) is 16.9 Å². The molecular weight excluding hydrogens is 609 g/mol. The number of alkyl halides is 7. The van der Waals surface area contributed by atoms with Crippen molar-refractivity contribution < 1.29 is 67.2 Å². The van der Waals surface area contributed by atoms with Crippen molar-refractivity contribution in [2.75, 3.05) is 13.2 Å². The fourth-order valence-corrected chi connectivity index (χ4v) is 5.45. The number of hydrogen-bond donors (Lipinski definition) is 0. The van der Waals surface area contributed by atoms with Crippen LogP contribution in [0.4, 0.5) is 48.3 Å². The van der Waals surface area contributed by atoms with Crippen LogP contribution >= 0.6 is 0 Å². The Balaban J connectivity index is 1.44. The number of benzene rings is 2. The predicted molar refractivity (Wildman–Crippen MR) is 128 cm³/mol. The normalized spacial score (nSPS) is 23.8. The smallest absolute Gasteiger partial charge is 0.432 e. The van der Waals surface area contributed by atoms with Crippen LogP contribution in [0.3, 0.4) is 0 Å². The van der Waals surface area contributed by atoms with Gasteiger partial charge in [-0.3, -0.25) is 0 Å². The van der Waals surface area contributed by atoms with Gasteiger partial charge in [0.05, 0.1) is 24.7 Å². The van der Waals surface area contributed by atoms with E-state index in [9.17, 15) is 48.3 Å². The van der Waals surface area contributed by atoms with Gasteiger partial charge in [-0.1, -0.05) is 13.3 Å². The van der Waals surface area contributed by atoms with Gasteiger partial charge in [-0.2, -0.15) is 17.6 Å². The average Bonchev–Trinajstić information content (AvgIpc) is 2.87. The van der Waals surface area contributed by atoms with E-state index in [0.717, 1.165) is 12.8 Å². The molecule has 1 heterocycles. The highest BCUT2D eigenvalue weighted by atomic mass is 19.4. The fraction of sp³-hybridized carbons (Fsp3) is 0.571. The van der Waals surface area contributed by atoms with Gasteiger partial charge in [0.25, 0.3) is 0 Å². The van der Waals surface area contributed by atoms with Gasteiger partial charge in [0.15, 0.2) is 6.29 Å². The number of rotatable bonds is 9. The summed E-state index contributed by atoms with van der Waals surface area (Å²) in [6.45, 7) is 3.09. The van der Waals surface area contributed by atoms with Crippen LogP contribution in [0.1, 0.15) is 51.0 Å². The zero-order valence-electron chi connectivity index (χ0n) is 22.6. The molecule has 0 unspecified atom stereocenters.